The van der Waals surface area contributed by atoms with Crippen molar-refractivity contribution in [3.05, 3.63) is 0 Å². The molecule has 0 fully saturated rings. The fraction of sp³-hybridized carbons (Fsp3) is 0.769. The van der Waals surface area contributed by atoms with Gasteiger partial charge in [0, 0.05) is 6.42 Å². The first-order valence-corrected chi connectivity index (χ1v) is 6.30. The van der Waals surface area contributed by atoms with Crippen LogP contribution >= 0.6 is 0 Å². The van der Waals surface area contributed by atoms with Crippen LogP contribution in [0.5, 0.6) is 0 Å². The molecule has 1 aliphatic rings. The van der Waals surface area contributed by atoms with Crippen LogP contribution in [-0.2, 0) is 14.5 Å². The maximum Gasteiger partial charge on any atom is 0.381 e. The standard InChI is InChI=1S/C13H22N2O3/c1-9(2)6-7-10(3)14-17-12(16)13(5)8-11(4)15-18-13/h9H,6-8H2,1-5H3/b14-10+. The van der Waals surface area contributed by atoms with E-state index in [0.29, 0.717) is 12.3 Å². The normalized spacial score (nSPS) is 23.9. The number of carbonyl (C=O) groups is 1. The summed E-state index contributed by atoms with van der Waals surface area (Å²) < 4.78 is 0. The summed E-state index contributed by atoms with van der Waals surface area (Å²) in [5.74, 6) is 0.115. The highest BCUT2D eigenvalue weighted by molar-refractivity contribution is 5.92. The van der Waals surface area contributed by atoms with Gasteiger partial charge in [-0.25, -0.2) is 4.79 Å². The Balaban J connectivity index is 2.43. The van der Waals surface area contributed by atoms with Crippen molar-refractivity contribution in [2.24, 2.45) is 16.2 Å². The van der Waals surface area contributed by atoms with Gasteiger partial charge in [-0.15, -0.1) is 0 Å². The zero-order chi connectivity index (χ0) is 13.8. The van der Waals surface area contributed by atoms with Gasteiger partial charge in [-0.1, -0.05) is 24.2 Å². The van der Waals surface area contributed by atoms with Crippen LogP contribution < -0.4 is 0 Å². The molecule has 0 N–H and O–H groups in total. The highest BCUT2D eigenvalue weighted by Gasteiger charge is 2.42. The molecule has 1 atom stereocenters. The van der Waals surface area contributed by atoms with Crippen molar-refractivity contribution in [1.82, 2.24) is 0 Å². The monoisotopic (exact) mass is 254 g/mol. The average molecular weight is 254 g/mol. The second-order valence-electron chi connectivity index (χ2n) is 5.46. The minimum atomic E-state index is -1.02. The lowest BCUT2D eigenvalue weighted by Crippen LogP contribution is -2.36. The molecule has 1 heterocycles. The van der Waals surface area contributed by atoms with Crippen LogP contribution in [-0.4, -0.2) is 23.0 Å². The first-order valence-electron chi connectivity index (χ1n) is 6.30. The van der Waals surface area contributed by atoms with Crippen LogP contribution in [0, 0.1) is 5.92 Å². The summed E-state index contributed by atoms with van der Waals surface area (Å²) in [6, 6.07) is 0. The van der Waals surface area contributed by atoms with Gasteiger partial charge >= 0.3 is 5.97 Å². The van der Waals surface area contributed by atoms with Crippen LogP contribution in [0.15, 0.2) is 10.3 Å². The number of oxime groups is 2. The molecule has 0 radical (unpaired) electrons. The fourth-order valence-electron chi connectivity index (χ4n) is 1.60. The third-order valence-electron chi connectivity index (χ3n) is 2.80. The second-order valence-corrected chi connectivity index (χ2v) is 5.46. The molecule has 0 saturated carbocycles. The van der Waals surface area contributed by atoms with Crippen molar-refractivity contribution in [2.45, 2.75) is 59.5 Å². The van der Waals surface area contributed by atoms with E-state index in [-0.39, 0.29) is 0 Å². The van der Waals surface area contributed by atoms with Crippen molar-refractivity contribution < 1.29 is 14.5 Å². The summed E-state index contributed by atoms with van der Waals surface area (Å²) in [6.07, 6.45) is 2.31. The predicted octanol–water partition coefficient (Wildman–Crippen LogP) is 2.90. The van der Waals surface area contributed by atoms with E-state index in [1.807, 2.05) is 13.8 Å². The van der Waals surface area contributed by atoms with E-state index in [2.05, 4.69) is 24.2 Å². The largest absolute Gasteiger partial charge is 0.381 e. The SMILES string of the molecule is CC1=NOC(C)(C(=O)O/N=C(\C)CCC(C)C)C1. The molecule has 0 aromatic carbocycles. The van der Waals surface area contributed by atoms with Crippen LogP contribution in [0.25, 0.3) is 0 Å². The van der Waals surface area contributed by atoms with Crippen LogP contribution in [0.2, 0.25) is 0 Å². The van der Waals surface area contributed by atoms with E-state index in [1.54, 1.807) is 6.92 Å². The van der Waals surface area contributed by atoms with Crippen molar-refractivity contribution in [3.63, 3.8) is 0 Å². The topological polar surface area (TPSA) is 60.2 Å². The van der Waals surface area contributed by atoms with Gasteiger partial charge in [0.2, 0.25) is 5.60 Å². The lowest BCUT2D eigenvalue weighted by molar-refractivity contribution is -0.167. The maximum absolute atomic E-state index is 11.8. The van der Waals surface area contributed by atoms with Gasteiger partial charge in [0.05, 0.1) is 11.4 Å². The van der Waals surface area contributed by atoms with Gasteiger partial charge in [-0.3, -0.25) is 0 Å². The molecule has 0 bridgehead atoms. The summed E-state index contributed by atoms with van der Waals surface area (Å²) >= 11 is 0. The summed E-state index contributed by atoms with van der Waals surface area (Å²) in [5, 5.41) is 7.61. The molecule has 0 spiro atoms. The molecule has 1 aliphatic heterocycles. The Morgan fingerprint density at radius 1 is 1.61 bits per heavy atom. The summed E-state index contributed by atoms with van der Waals surface area (Å²) in [5.41, 5.74) is 0.581. The predicted molar refractivity (Wildman–Crippen MR) is 70.5 cm³/mol. The van der Waals surface area contributed by atoms with Gasteiger partial charge in [-0.2, -0.15) is 0 Å². The van der Waals surface area contributed by atoms with E-state index in [9.17, 15) is 4.79 Å². The second kappa shape index (κ2) is 5.98. The highest BCUT2D eigenvalue weighted by Crippen LogP contribution is 2.24. The lowest BCUT2D eigenvalue weighted by atomic mass is 10.0. The lowest BCUT2D eigenvalue weighted by Gasteiger charge is -2.16. The van der Waals surface area contributed by atoms with E-state index >= 15 is 0 Å². The molecular formula is C13H22N2O3. The molecule has 0 aromatic heterocycles. The van der Waals surface area contributed by atoms with Crippen molar-refractivity contribution in [3.8, 4) is 0 Å². The van der Waals surface area contributed by atoms with Crippen LogP contribution in [0.3, 0.4) is 0 Å². The van der Waals surface area contributed by atoms with E-state index in [0.717, 1.165) is 24.3 Å². The number of rotatable bonds is 5. The zero-order valence-corrected chi connectivity index (χ0v) is 11.8. The molecule has 5 heteroatoms. The number of hydrogen-bond donors (Lipinski definition) is 0. The number of carbonyl (C=O) groups excluding carboxylic acids is 1. The van der Waals surface area contributed by atoms with Gasteiger partial charge < -0.3 is 9.68 Å². The van der Waals surface area contributed by atoms with Gasteiger partial charge in [0.25, 0.3) is 0 Å². The fourth-order valence-corrected chi connectivity index (χ4v) is 1.60. The summed E-state index contributed by atoms with van der Waals surface area (Å²) in [7, 11) is 0. The Hall–Kier alpha value is -1.39. The Morgan fingerprint density at radius 2 is 2.28 bits per heavy atom. The van der Waals surface area contributed by atoms with Gasteiger partial charge in [0.1, 0.15) is 0 Å². The van der Waals surface area contributed by atoms with E-state index in [1.165, 1.54) is 0 Å². The summed E-state index contributed by atoms with van der Waals surface area (Å²) in [4.78, 5) is 21.8. The Labute approximate surface area is 108 Å². The quantitative estimate of drug-likeness (QED) is 0.430. The van der Waals surface area contributed by atoms with Crippen molar-refractivity contribution in [2.75, 3.05) is 0 Å². The molecule has 1 rings (SSSR count). The number of nitrogens with zero attached hydrogens (tertiary/aromatic N) is 2. The van der Waals surface area contributed by atoms with E-state index in [4.69, 9.17) is 9.68 Å². The Bertz CT molecular complexity index is 374. The van der Waals surface area contributed by atoms with Crippen molar-refractivity contribution >= 4 is 17.4 Å². The third-order valence-corrected chi connectivity index (χ3v) is 2.80. The third kappa shape index (κ3) is 4.13. The first-order chi connectivity index (χ1) is 8.33. The first kappa shape index (κ1) is 14.7. The number of hydrogen-bond acceptors (Lipinski definition) is 5. The molecule has 0 aliphatic carbocycles. The van der Waals surface area contributed by atoms with Gasteiger partial charge in [-0.05, 0) is 39.5 Å². The minimum absolute atomic E-state index is 0.451. The Morgan fingerprint density at radius 3 is 2.78 bits per heavy atom. The zero-order valence-electron chi connectivity index (χ0n) is 11.8. The molecule has 0 aromatic rings. The molecule has 1 unspecified atom stereocenters. The molecule has 0 amide bonds. The van der Waals surface area contributed by atoms with Crippen LogP contribution in [0.1, 0.15) is 53.9 Å². The Kier molecular flexibility index (Phi) is 4.87. The molecule has 18 heavy (non-hydrogen) atoms. The maximum atomic E-state index is 11.8. The van der Waals surface area contributed by atoms with E-state index < -0.39 is 11.6 Å². The van der Waals surface area contributed by atoms with Gasteiger partial charge in [0.15, 0.2) is 0 Å². The molecule has 0 saturated heterocycles. The smallest absolute Gasteiger partial charge is 0.377 e. The summed E-state index contributed by atoms with van der Waals surface area (Å²) in [6.45, 7) is 9.62. The van der Waals surface area contributed by atoms with Crippen LogP contribution in [0.4, 0.5) is 0 Å². The highest BCUT2D eigenvalue weighted by atomic mass is 16.7. The van der Waals surface area contributed by atoms with Crippen molar-refractivity contribution in [1.29, 1.82) is 0 Å². The minimum Gasteiger partial charge on any atom is -0.377 e. The average Bonchev–Trinajstić information content (AvgIpc) is 2.64. The molecule has 5 nitrogen and oxygen atoms in total. The molecular weight excluding hydrogens is 232 g/mol. The molecule has 102 valence electrons.